The summed E-state index contributed by atoms with van der Waals surface area (Å²) in [4.78, 5) is 17.8. The van der Waals surface area contributed by atoms with Gasteiger partial charge in [-0.05, 0) is 24.3 Å². The summed E-state index contributed by atoms with van der Waals surface area (Å²) in [7, 11) is 1.53. The lowest BCUT2D eigenvalue weighted by atomic mass is 10.2. The molecular formula is C22H21BrClN3O3. The average molecular weight is 491 g/mol. The van der Waals surface area contributed by atoms with Crippen molar-refractivity contribution >= 4 is 44.6 Å². The fourth-order valence-electron chi connectivity index (χ4n) is 2.90. The van der Waals surface area contributed by atoms with Gasteiger partial charge in [0.15, 0.2) is 11.5 Å². The van der Waals surface area contributed by atoms with Gasteiger partial charge >= 0.3 is 0 Å². The first-order chi connectivity index (χ1) is 14.3. The van der Waals surface area contributed by atoms with Gasteiger partial charge in [0.2, 0.25) is 0 Å². The molecule has 3 aromatic rings. The number of aromatic nitrogens is 2. The number of halogens is 2. The zero-order valence-corrected chi connectivity index (χ0v) is 19.2. The van der Waals surface area contributed by atoms with Crippen molar-refractivity contribution in [2.45, 2.75) is 19.8 Å². The number of hydrogen-bond acceptors (Lipinski definition) is 5. The minimum absolute atomic E-state index is 0.0201. The maximum atomic E-state index is 13.2. The third-order valence-corrected chi connectivity index (χ3v) is 4.99. The van der Waals surface area contributed by atoms with Crippen molar-refractivity contribution in [1.29, 1.82) is 0 Å². The second-order valence-electron chi connectivity index (χ2n) is 6.77. The SMILES string of the molecule is C=CCOc1c(C=Nn2c(C(C)C)nc3ccc(Br)cc3c2=O)cc(Cl)cc1OC. The molecule has 0 saturated carbocycles. The Morgan fingerprint density at radius 1 is 1.33 bits per heavy atom. The minimum Gasteiger partial charge on any atom is -0.493 e. The molecule has 1 aromatic heterocycles. The molecule has 6 nitrogen and oxygen atoms in total. The van der Waals surface area contributed by atoms with E-state index in [4.69, 9.17) is 21.1 Å². The van der Waals surface area contributed by atoms with Gasteiger partial charge in [-0.15, -0.1) is 0 Å². The van der Waals surface area contributed by atoms with Gasteiger partial charge in [0.25, 0.3) is 5.56 Å². The molecule has 0 radical (unpaired) electrons. The van der Waals surface area contributed by atoms with E-state index in [2.05, 4.69) is 32.6 Å². The second kappa shape index (κ2) is 9.45. The molecule has 0 spiro atoms. The van der Waals surface area contributed by atoms with E-state index in [9.17, 15) is 4.79 Å². The molecule has 0 aliphatic rings. The van der Waals surface area contributed by atoms with Crippen LogP contribution in [-0.4, -0.2) is 29.6 Å². The van der Waals surface area contributed by atoms with E-state index in [1.165, 1.54) is 18.0 Å². The molecule has 3 rings (SSSR count). The average Bonchev–Trinajstić information content (AvgIpc) is 2.71. The van der Waals surface area contributed by atoms with E-state index in [0.717, 1.165) is 4.47 Å². The van der Waals surface area contributed by atoms with Crippen LogP contribution in [0.1, 0.15) is 31.2 Å². The Kier molecular flexibility index (Phi) is 6.95. The number of benzene rings is 2. The van der Waals surface area contributed by atoms with Crippen molar-refractivity contribution in [3.05, 3.63) is 74.2 Å². The lowest BCUT2D eigenvalue weighted by Crippen LogP contribution is -2.23. The largest absolute Gasteiger partial charge is 0.493 e. The molecule has 1 heterocycles. The molecule has 0 amide bonds. The summed E-state index contributed by atoms with van der Waals surface area (Å²) in [6, 6.07) is 8.74. The Bertz CT molecular complexity index is 1190. The molecule has 0 N–H and O–H groups in total. The lowest BCUT2D eigenvalue weighted by Gasteiger charge is -2.14. The molecule has 2 aromatic carbocycles. The van der Waals surface area contributed by atoms with E-state index < -0.39 is 0 Å². The highest BCUT2D eigenvalue weighted by molar-refractivity contribution is 9.10. The number of fused-ring (bicyclic) bond motifs is 1. The van der Waals surface area contributed by atoms with Crippen LogP contribution in [-0.2, 0) is 0 Å². The first kappa shape index (κ1) is 22.1. The smallest absolute Gasteiger partial charge is 0.282 e. The van der Waals surface area contributed by atoms with Crippen molar-refractivity contribution in [3.8, 4) is 11.5 Å². The summed E-state index contributed by atoms with van der Waals surface area (Å²) < 4.78 is 13.2. The fraction of sp³-hybridized carbons (Fsp3) is 0.227. The summed E-state index contributed by atoms with van der Waals surface area (Å²) in [5.41, 5.74) is 0.929. The van der Waals surface area contributed by atoms with Crippen molar-refractivity contribution in [2.75, 3.05) is 13.7 Å². The predicted octanol–water partition coefficient (Wildman–Crippen LogP) is 5.39. The second-order valence-corrected chi connectivity index (χ2v) is 8.13. The van der Waals surface area contributed by atoms with Gasteiger partial charge in [0.1, 0.15) is 12.4 Å². The zero-order valence-electron chi connectivity index (χ0n) is 16.9. The maximum Gasteiger partial charge on any atom is 0.282 e. The number of methoxy groups -OCH3 is 1. The van der Waals surface area contributed by atoms with Crippen LogP contribution in [0.4, 0.5) is 0 Å². The summed E-state index contributed by atoms with van der Waals surface area (Å²) in [6.07, 6.45) is 3.15. The number of nitrogens with zero attached hydrogens (tertiary/aromatic N) is 3. The topological polar surface area (TPSA) is 65.7 Å². The summed E-state index contributed by atoms with van der Waals surface area (Å²) in [5, 5.41) is 5.37. The molecule has 8 heteroatoms. The van der Waals surface area contributed by atoms with E-state index >= 15 is 0 Å². The lowest BCUT2D eigenvalue weighted by molar-refractivity contribution is 0.326. The van der Waals surface area contributed by atoms with Gasteiger partial charge in [0, 0.05) is 27.0 Å². The van der Waals surface area contributed by atoms with Gasteiger partial charge in [-0.3, -0.25) is 4.79 Å². The first-order valence-electron chi connectivity index (χ1n) is 9.23. The summed E-state index contributed by atoms with van der Waals surface area (Å²) >= 11 is 9.63. The van der Waals surface area contributed by atoms with Crippen LogP contribution < -0.4 is 15.0 Å². The minimum atomic E-state index is -0.260. The molecule has 0 bridgehead atoms. The van der Waals surface area contributed by atoms with Crippen LogP contribution in [0, 0.1) is 0 Å². The van der Waals surface area contributed by atoms with Crippen molar-refractivity contribution < 1.29 is 9.47 Å². The third kappa shape index (κ3) is 4.57. The highest BCUT2D eigenvalue weighted by Crippen LogP contribution is 2.34. The van der Waals surface area contributed by atoms with Gasteiger partial charge in [-0.1, -0.05) is 54.0 Å². The summed E-state index contributed by atoms with van der Waals surface area (Å²) in [5.74, 6) is 1.45. The van der Waals surface area contributed by atoms with E-state index in [1.54, 1.807) is 24.3 Å². The van der Waals surface area contributed by atoms with Crippen LogP contribution in [0.3, 0.4) is 0 Å². The van der Waals surface area contributed by atoms with Crippen LogP contribution in [0.15, 0.2) is 57.4 Å². The molecule has 0 aliphatic heterocycles. The van der Waals surface area contributed by atoms with Gasteiger partial charge in [0.05, 0.1) is 24.2 Å². The van der Waals surface area contributed by atoms with Crippen LogP contribution in [0.2, 0.25) is 5.02 Å². The molecule has 156 valence electrons. The molecule has 30 heavy (non-hydrogen) atoms. The van der Waals surface area contributed by atoms with E-state index in [-0.39, 0.29) is 18.1 Å². The van der Waals surface area contributed by atoms with Crippen LogP contribution in [0.5, 0.6) is 11.5 Å². The van der Waals surface area contributed by atoms with E-state index in [0.29, 0.717) is 38.8 Å². The maximum absolute atomic E-state index is 13.2. The monoisotopic (exact) mass is 489 g/mol. The van der Waals surface area contributed by atoms with Gasteiger partial charge < -0.3 is 9.47 Å². The van der Waals surface area contributed by atoms with E-state index in [1.807, 2.05) is 26.0 Å². The van der Waals surface area contributed by atoms with Gasteiger partial charge in [-0.25, -0.2) is 4.98 Å². The van der Waals surface area contributed by atoms with Crippen molar-refractivity contribution in [3.63, 3.8) is 0 Å². The fourth-order valence-corrected chi connectivity index (χ4v) is 3.48. The Morgan fingerprint density at radius 3 is 2.77 bits per heavy atom. The number of hydrogen-bond donors (Lipinski definition) is 0. The molecule has 0 atom stereocenters. The molecule has 0 aliphatic carbocycles. The standard InChI is InChI=1S/C22H21BrClN3O3/c1-5-8-30-20-14(9-16(24)11-19(20)29-4)12-25-27-21(13(2)3)26-18-7-6-15(23)10-17(18)22(27)28/h5-7,9-13H,1,8H2,2-4H3. The van der Waals surface area contributed by atoms with Crippen LogP contribution >= 0.6 is 27.5 Å². The summed E-state index contributed by atoms with van der Waals surface area (Å²) in [6.45, 7) is 7.86. The normalized spacial score (nSPS) is 11.4. The Hall–Kier alpha value is -2.64. The van der Waals surface area contributed by atoms with Gasteiger partial charge in [-0.2, -0.15) is 9.78 Å². The molecule has 0 fully saturated rings. The predicted molar refractivity (Wildman–Crippen MR) is 124 cm³/mol. The number of rotatable bonds is 7. The molecular weight excluding hydrogens is 470 g/mol. The molecule has 0 saturated heterocycles. The highest BCUT2D eigenvalue weighted by atomic mass is 79.9. The Labute approximate surface area is 187 Å². The first-order valence-corrected chi connectivity index (χ1v) is 10.4. The number of ether oxygens (including phenoxy) is 2. The third-order valence-electron chi connectivity index (χ3n) is 4.28. The zero-order chi connectivity index (χ0) is 21.8. The quantitative estimate of drug-likeness (QED) is 0.329. The Morgan fingerprint density at radius 2 is 2.10 bits per heavy atom. The Balaban J connectivity index is 2.19. The van der Waals surface area contributed by atoms with Crippen molar-refractivity contribution in [1.82, 2.24) is 9.66 Å². The highest BCUT2D eigenvalue weighted by Gasteiger charge is 2.15. The molecule has 0 unspecified atom stereocenters. The van der Waals surface area contributed by atoms with Crippen molar-refractivity contribution in [2.24, 2.45) is 5.10 Å². The van der Waals surface area contributed by atoms with Crippen LogP contribution in [0.25, 0.3) is 10.9 Å².